The molecule has 0 radical (unpaired) electrons. The minimum Gasteiger partial charge on any atom is -0.0654 e. The van der Waals surface area contributed by atoms with Crippen molar-refractivity contribution < 1.29 is 0 Å². The van der Waals surface area contributed by atoms with E-state index in [9.17, 15) is 0 Å². The minimum atomic E-state index is 1.11. The SMILES string of the molecule is CCCCc1cccc(-c2ccc(CC)cc2)c1. The smallest absolute Gasteiger partial charge is 0.0181 e. The second-order valence-corrected chi connectivity index (χ2v) is 4.85. The van der Waals surface area contributed by atoms with Crippen molar-refractivity contribution >= 4 is 0 Å². The molecule has 0 fully saturated rings. The highest BCUT2D eigenvalue weighted by atomic mass is 14.0. The van der Waals surface area contributed by atoms with Gasteiger partial charge in [0.2, 0.25) is 0 Å². The fourth-order valence-corrected chi connectivity index (χ4v) is 2.22. The fourth-order valence-electron chi connectivity index (χ4n) is 2.22. The van der Waals surface area contributed by atoms with Crippen molar-refractivity contribution in [1.29, 1.82) is 0 Å². The Morgan fingerprint density at radius 1 is 0.778 bits per heavy atom. The molecule has 0 spiro atoms. The molecule has 0 unspecified atom stereocenters. The molecule has 94 valence electrons. The van der Waals surface area contributed by atoms with Crippen LogP contribution in [0.1, 0.15) is 37.8 Å². The third-order valence-corrected chi connectivity index (χ3v) is 3.44. The van der Waals surface area contributed by atoms with Crippen LogP contribution in [-0.2, 0) is 12.8 Å². The van der Waals surface area contributed by atoms with Crippen molar-refractivity contribution in [2.24, 2.45) is 0 Å². The van der Waals surface area contributed by atoms with Crippen molar-refractivity contribution in [2.45, 2.75) is 39.5 Å². The number of benzene rings is 2. The lowest BCUT2D eigenvalue weighted by Gasteiger charge is -2.06. The summed E-state index contributed by atoms with van der Waals surface area (Å²) in [5, 5.41) is 0. The molecular formula is C18H22. The van der Waals surface area contributed by atoms with E-state index in [1.807, 2.05) is 0 Å². The molecule has 0 heterocycles. The Morgan fingerprint density at radius 2 is 1.56 bits per heavy atom. The van der Waals surface area contributed by atoms with Crippen LogP contribution in [0.2, 0.25) is 0 Å². The van der Waals surface area contributed by atoms with E-state index in [2.05, 4.69) is 62.4 Å². The molecule has 0 nitrogen and oxygen atoms in total. The molecular weight excluding hydrogens is 216 g/mol. The second-order valence-electron chi connectivity index (χ2n) is 4.85. The Labute approximate surface area is 111 Å². The van der Waals surface area contributed by atoms with Gasteiger partial charge in [0.25, 0.3) is 0 Å². The van der Waals surface area contributed by atoms with Gasteiger partial charge in [-0.25, -0.2) is 0 Å². The number of aryl methyl sites for hydroxylation is 2. The third-order valence-electron chi connectivity index (χ3n) is 3.44. The molecule has 0 saturated heterocycles. The van der Waals surface area contributed by atoms with Gasteiger partial charge in [0.15, 0.2) is 0 Å². The fraction of sp³-hybridized carbons (Fsp3) is 0.333. The number of hydrogen-bond donors (Lipinski definition) is 0. The van der Waals surface area contributed by atoms with Crippen LogP contribution in [0.4, 0.5) is 0 Å². The molecule has 0 amide bonds. The van der Waals surface area contributed by atoms with Crippen LogP contribution in [0, 0.1) is 0 Å². The van der Waals surface area contributed by atoms with Gasteiger partial charge >= 0.3 is 0 Å². The highest BCUT2D eigenvalue weighted by molar-refractivity contribution is 5.64. The number of rotatable bonds is 5. The first kappa shape index (κ1) is 12.9. The summed E-state index contributed by atoms with van der Waals surface area (Å²) >= 11 is 0. The van der Waals surface area contributed by atoms with Crippen LogP contribution in [0.25, 0.3) is 11.1 Å². The predicted molar refractivity (Wildman–Crippen MR) is 79.9 cm³/mol. The maximum Gasteiger partial charge on any atom is -0.0181 e. The Hall–Kier alpha value is -1.56. The van der Waals surface area contributed by atoms with Crippen LogP contribution in [0.15, 0.2) is 48.5 Å². The minimum absolute atomic E-state index is 1.11. The largest absolute Gasteiger partial charge is 0.0654 e. The van der Waals surface area contributed by atoms with Crippen molar-refractivity contribution in [1.82, 2.24) is 0 Å². The standard InChI is InChI=1S/C18H22/c1-3-5-7-16-8-6-9-18(14-16)17-12-10-15(4-2)11-13-17/h6,8-14H,3-5,7H2,1-2H3. The predicted octanol–water partition coefficient (Wildman–Crippen LogP) is 5.26. The van der Waals surface area contributed by atoms with Gasteiger partial charge < -0.3 is 0 Å². The highest BCUT2D eigenvalue weighted by Crippen LogP contribution is 2.21. The first-order valence-electron chi connectivity index (χ1n) is 7.01. The Balaban J connectivity index is 2.20. The lowest BCUT2D eigenvalue weighted by molar-refractivity contribution is 0.795. The van der Waals surface area contributed by atoms with Gasteiger partial charge in [-0.1, -0.05) is 68.8 Å². The average Bonchev–Trinajstić information content (AvgIpc) is 2.45. The lowest BCUT2D eigenvalue weighted by atomic mass is 9.99. The van der Waals surface area contributed by atoms with Gasteiger partial charge in [0, 0.05) is 0 Å². The van der Waals surface area contributed by atoms with E-state index >= 15 is 0 Å². The van der Waals surface area contributed by atoms with E-state index < -0.39 is 0 Å². The van der Waals surface area contributed by atoms with Gasteiger partial charge in [-0.2, -0.15) is 0 Å². The van der Waals surface area contributed by atoms with E-state index in [1.54, 1.807) is 0 Å². The second kappa shape index (κ2) is 6.39. The normalized spacial score (nSPS) is 10.6. The molecule has 2 aromatic rings. The molecule has 0 N–H and O–H groups in total. The monoisotopic (exact) mass is 238 g/mol. The van der Waals surface area contributed by atoms with Crippen molar-refractivity contribution in [2.75, 3.05) is 0 Å². The topological polar surface area (TPSA) is 0 Å². The molecule has 0 aromatic heterocycles. The van der Waals surface area contributed by atoms with Gasteiger partial charge in [0.05, 0.1) is 0 Å². The molecule has 2 rings (SSSR count). The molecule has 0 aliphatic carbocycles. The van der Waals surface area contributed by atoms with E-state index in [0.29, 0.717) is 0 Å². The average molecular weight is 238 g/mol. The summed E-state index contributed by atoms with van der Waals surface area (Å²) in [6.07, 6.45) is 4.84. The maximum absolute atomic E-state index is 2.33. The zero-order valence-corrected chi connectivity index (χ0v) is 11.4. The van der Waals surface area contributed by atoms with E-state index in [4.69, 9.17) is 0 Å². The summed E-state index contributed by atoms with van der Waals surface area (Å²) in [7, 11) is 0. The van der Waals surface area contributed by atoms with Crippen molar-refractivity contribution in [3.8, 4) is 11.1 Å². The molecule has 0 saturated carbocycles. The first-order valence-corrected chi connectivity index (χ1v) is 7.01. The van der Waals surface area contributed by atoms with E-state index in [1.165, 1.54) is 41.5 Å². The Kier molecular flexibility index (Phi) is 4.58. The summed E-state index contributed by atoms with van der Waals surface area (Å²) in [6.45, 7) is 4.44. The summed E-state index contributed by atoms with van der Waals surface area (Å²) < 4.78 is 0. The molecule has 0 atom stereocenters. The quantitative estimate of drug-likeness (QED) is 0.666. The molecule has 2 aromatic carbocycles. The summed E-state index contributed by atoms with van der Waals surface area (Å²) in [4.78, 5) is 0. The summed E-state index contributed by atoms with van der Waals surface area (Å²) in [5.41, 5.74) is 5.52. The molecule has 0 aliphatic heterocycles. The van der Waals surface area contributed by atoms with Crippen LogP contribution < -0.4 is 0 Å². The molecule has 0 bridgehead atoms. The van der Waals surface area contributed by atoms with Gasteiger partial charge in [-0.05, 0) is 41.5 Å². The van der Waals surface area contributed by atoms with Crippen LogP contribution >= 0.6 is 0 Å². The number of hydrogen-bond acceptors (Lipinski definition) is 0. The Bertz CT molecular complexity index is 480. The maximum atomic E-state index is 2.33. The number of unbranched alkanes of at least 4 members (excludes halogenated alkanes) is 1. The Morgan fingerprint density at radius 3 is 2.22 bits per heavy atom. The summed E-state index contributed by atoms with van der Waals surface area (Å²) in [6, 6.07) is 17.9. The lowest BCUT2D eigenvalue weighted by Crippen LogP contribution is -1.86. The molecule has 18 heavy (non-hydrogen) atoms. The van der Waals surface area contributed by atoms with E-state index in [-0.39, 0.29) is 0 Å². The van der Waals surface area contributed by atoms with Crippen molar-refractivity contribution in [3.63, 3.8) is 0 Å². The first-order chi connectivity index (χ1) is 8.83. The molecule has 0 heteroatoms. The zero-order valence-electron chi connectivity index (χ0n) is 11.4. The van der Waals surface area contributed by atoms with Crippen LogP contribution in [0.3, 0.4) is 0 Å². The van der Waals surface area contributed by atoms with Crippen molar-refractivity contribution in [3.05, 3.63) is 59.7 Å². The van der Waals surface area contributed by atoms with E-state index in [0.717, 1.165) is 6.42 Å². The van der Waals surface area contributed by atoms with Crippen LogP contribution in [0.5, 0.6) is 0 Å². The highest BCUT2D eigenvalue weighted by Gasteiger charge is 1.99. The summed E-state index contributed by atoms with van der Waals surface area (Å²) in [5.74, 6) is 0. The third kappa shape index (κ3) is 3.22. The van der Waals surface area contributed by atoms with Gasteiger partial charge in [-0.15, -0.1) is 0 Å². The van der Waals surface area contributed by atoms with Gasteiger partial charge in [0.1, 0.15) is 0 Å². The van der Waals surface area contributed by atoms with Crippen LogP contribution in [-0.4, -0.2) is 0 Å². The zero-order chi connectivity index (χ0) is 12.8. The molecule has 0 aliphatic rings. The van der Waals surface area contributed by atoms with Gasteiger partial charge in [-0.3, -0.25) is 0 Å².